The van der Waals surface area contributed by atoms with Crippen LogP contribution in [0.1, 0.15) is 93.4 Å². The summed E-state index contributed by atoms with van der Waals surface area (Å²) >= 11 is 0. The van der Waals surface area contributed by atoms with E-state index in [0.717, 1.165) is 38.5 Å². The molecule has 0 bridgehead atoms. The molecule has 2 nitrogen and oxygen atoms in total. The quantitative estimate of drug-likeness (QED) is 0.193. The van der Waals surface area contributed by atoms with Gasteiger partial charge in [0.15, 0.2) is 0 Å². The van der Waals surface area contributed by atoms with Crippen LogP contribution in [-0.2, 0) is 0 Å². The molecule has 0 amide bonds. The first kappa shape index (κ1) is 29.7. The fourth-order valence-electron chi connectivity index (χ4n) is 2.87. The van der Waals surface area contributed by atoms with Crippen molar-refractivity contribution in [1.29, 1.82) is 0 Å². The van der Waals surface area contributed by atoms with Crippen LogP contribution in [0.2, 0.25) is 0 Å². The van der Waals surface area contributed by atoms with Crippen LogP contribution < -0.4 is 0 Å². The zero-order valence-corrected chi connectivity index (χ0v) is 21.4. The number of hydrogen-bond acceptors (Lipinski definition) is 2. The van der Waals surface area contributed by atoms with Crippen molar-refractivity contribution in [2.75, 3.05) is 0 Å². The van der Waals surface area contributed by atoms with E-state index >= 15 is 0 Å². The van der Waals surface area contributed by atoms with E-state index in [9.17, 15) is 10.2 Å². The Hall–Kier alpha value is -2.26. The van der Waals surface area contributed by atoms with E-state index in [-0.39, 0.29) is 0 Å². The minimum Gasteiger partial charge on any atom is -0.378 e. The Bertz CT molecular complexity index is 833. The lowest BCUT2D eigenvalue weighted by Gasteiger charge is -2.14. The average molecular weight is 437 g/mol. The van der Waals surface area contributed by atoms with Crippen LogP contribution in [0.5, 0.6) is 0 Å². The monoisotopic (exact) mass is 436 g/mol. The van der Waals surface area contributed by atoms with Gasteiger partial charge < -0.3 is 10.2 Å². The number of hydrogen-bond donors (Lipinski definition) is 2. The van der Waals surface area contributed by atoms with Gasteiger partial charge in [0.25, 0.3) is 0 Å². The average Bonchev–Trinajstić information content (AvgIpc) is 2.64. The van der Waals surface area contributed by atoms with Crippen molar-refractivity contribution in [2.24, 2.45) is 0 Å². The van der Waals surface area contributed by atoms with Gasteiger partial charge in [0, 0.05) is 0 Å². The highest BCUT2D eigenvalue weighted by atomic mass is 16.3. The number of allylic oxidation sites excluding steroid dienone is 8. The molecule has 0 aliphatic heterocycles. The van der Waals surface area contributed by atoms with Crippen LogP contribution >= 0.6 is 0 Å². The third-order valence-corrected chi connectivity index (χ3v) is 4.90. The van der Waals surface area contributed by atoms with Gasteiger partial charge in [-0.05, 0) is 111 Å². The Labute approximate surface area is 197 Å². The standard InChI is InChI=1S/C30H44O2/c1-25(2)15-11-17-27(5)19-13-23-29(7,31)21-9-10-22-30(8,32)24-14-20-28(6)18-12-16-26(3)4/h14,16,19-20,24,31-32H,1,11-13,15,17-18,23H2,2-8H3/b24-14+,27-19+,28-20+. The molecule has 176 valence electrons. The molecule has 2 N–H and O–H groups in total. The third-order valence-electron chi connectivity index (χ3n) is 4.90. The molecule has 2 atom stereocenters. The van der Waals surface area contributed by atoms with E-state index < -0.39 is 11.2 Å². The number of aliphatic hydroxyl groups is 2. The molecule has 0 saturated carbocycles. The molecule has 0 aliphatic rings. The normalized spacial score (nSPS) is 15.7. The zero-order valence-electron chi connectivity index (χ0n) is 21.4. The summed E-state index contributed by atoms with van der Waals surface area (Å²) in [5, 5.41) is 20.8. The van der Waals surface area contributed by atoms with Crippen molar-refractivity contribution in [1.82, 2.24) is 0 Å². The smallest absolute Gasteiger partial charge is 0.142 e. The fourth-order valence-corrected chi connectivity index (χ4v) is 2.87. The summed E-state index contributed by atoms with van der Waals surface area (Å²) in [4.78, 5) is 0. The van der Waals surface area contributed by atoms with Gasteiger partial charge in [0.1, 0.15) is 11.2 Å². The molecule has 2 unspecified atom stereocenters. The summed E-state index contributed by atoms with van der Waals surface area (Å²) in [5.41, 5.74) is 2.76. The number of rotatable bonds is 12. The van der Waals surface area contributed by atoms with Crippen LogP contribution in [0.15, 0.2) is 59.3 Å². The molecule has 0 heterocycles. The van der Waals surface area contributed by atoms with Gasteiger partial charge in [-0.25, -0.2) is 0 Å². The summed E-state index contributed by atoms with van der Waals surface area (Å²) in [6.07, 6.45) is 16.4. The third kappa shape index (κ3) is 18.5. The zero-order chi connectivity index (χ0) is 24.6. The highest BCUT2D eigenvalue weighted by molar-refractivity contribution is 5.35. The van der Waals surface area contributed by atoms with Crippen molar-refractivity contribution in [3.8, 4) is 23.7 Å². The molecular formula is C30H44O2. The summed E-state index contributed by atoms with van der Waals surface area (Å²) in [5.74, 6) is 10.9. The van der Waals surface area contributed by atoms with E-state index in [1.165, 1.54) is 22.3 Å². The Morgan fingerprint density at radius 1 is 0.844 bits per heavy atom. The largest absolute Gasteiger partial charge is 0.378 e. The molecule has 0 aromatic heterocycles. The van der Waals surface area contributed by atoms with E-state index in [4.69, 9.17) is 0 Å². The van der Waals surface area contributed by atoms with E-state index in [1.54, 1.807) is 19.9 Å². The second-order valence-electron chi connectivity index (χ2n) is 9.51. The molecule has 0 spiro atoms. The van der Waals surface area contributed by atoms with E-state index in [1.807, 2.05) is 12.2 Å². The van der Waals surface area contributed by atoms with Crippen molar-refractivity contribution < 1.29 is 10.2 Å². The van der Waals surface area contributed by atoms with Gasteiger partial charge in [-0.15, -0.1) is 6.58 Å². The first-order valence-corrected chi connectivity index (χ1v) is 11.6. The van der Waals surface area contributed by atoms with Crippen LogP contribution in [-0.4, -0.2) is 21.4 Å². The van der Waals surface area contributed by atoms with Crippen LogP contribution in [0.4, 0.5) is 0 Å². The highest BCUT2D eigenvalue weighted by Crippen LogP contribution is 2.15. The van der Waals surface area contributed by atoms with Crippen molar-refractivity contribution in [2.45, 2.75) is 105 Å². The molecule has 32 heavy (non-hydrogen) atoms. The van der Waals surface area contributed by atoms with Gasteiger partial charge in [0.2, 0.25) is 0 Å². The SMILES string of the molecule is C=C(C)CCC/C(C)=C/CCC(C)(O)C#CC#CC(C)(O)/C=C/C=C(\C)CCC=C(C)C. The molecule has 0 rings (SSSR count). The minimum atomic E-state index is -1.26. The molecule has 0 aliphatic carbocycles. The Morgan fingerprint density at radius 3 is 2.12 bits per heavy atom. The minimum absolute atomic E-state index is 0.548. The lowest BCUT2D eigenvalue weighted by molar-refractivity contribution is 0.113. The molecular weight excluding hydrogens is 392 g/mol. The molecule has 0 fully saturated rings. The summed E-state index contributed by atoms with van der Waals surface area (Å²) in [6, 6.07) is 0. The second kappa shape index (κ2) is 15.5. The van der Waals surface area contributed by atoms with Gasteiger partial charge in [-0.2, -0.15) is 0 Å². The van der Waals surface area contributed by atoms with E-state index in [2.05, 4.69) is 77.0 Å². The topological polar surface area (TPSA) is 40.5 Å². The maximum Gasteiger partial charge on any atom is 0.142 e. The van der Waals surface area contributed by atoms with Gasteiger partial charge in [-0.1, -0.05) is 58.4 Å². The van der Waals surface area contributed by atoms with Crippen LogP contribution in [0.25, 0.3) is 0 Å². The van der Waals surface area contributed by atoms with Crippen molar-refractivity contribution in [3.63, 3.8) is 0 Å². The molecule has 2 heteroatoms. The lowest BCUT2D eigenvalue weighted by atomic mass is 9.99. The second-order valence-corrected chi connectivity index (χ2v) is 9.51. The molecule has 0 aromatic rings. The Balaban J connectivity index is 4.67. The highest BCUT2D eigenvalue weighted by Gasteiger charge is 2.15. The Kier molecular flexibility index (Phi) is 14.4. The van der Waals surface area contributed by atoms with E-state index in [0.29, 0.717) is 6.42 Å². The predicted octanol–water partition coefficient (Wildman–Crippen LogP) is 7.22. The maximum atomic E-state index is 10.4. The molecule has 0 saturated heterocycles. The van der Waals surface area contributed by atoms with Crippen LogP contribution in [0, 0.1) is 23.7 Å². The van der Waals surface area contributed by atoms with Crippen LogP contribution in [0.3, 0.4) is 0 Å². The van der Waals surface area contributed by atoms with Crippen molar-refractivity contribution >= 4 is 0 Å². The van der Waals surface area contributed by atoms with Gasteiger partial charge >= 0.3 is 0 Å². The summed E-state index contributed by atoms with van der Waals surface area (Å²) in [7, 11) is 0. The molecule has 0 aromatic carbocycles. The Morgan fingerprint density at radius 2 is 1.50 bits per heavy atom. The summed E-state index contributed by atoms with van der Waals surface area (Å²) < 4.78 is 0. The predicted molar refractivity (Wildman–Crippen MR) is 140 cm³/mol. The van der Waals surface area contributed by atoms with Crippen molar-refractivity contribution in [3.05, 3.63) is 59.3 Å². The first-order chi connectivity index (χ1) is 14.8. The molecule has 0 radical (unpaired) electrons. The first-order valence-electron chi connectivity index (χ1n) is 11.6. The lowest BCUT2D eigenvalue weighted by Crippen LogP contribution is -2.21. The van der Waals surface area contributed by atoms with Gasteiger partial charge in [0.05, 0.1) is 0 Å². The fraction of sp³-hybridized carbons (Fsp3) is 0.533. The van der Waals surface area contributed by atoms with Gasteiger partial charge in [-0.3, -0.25) is 0 Å². The summed E-state index contributed by atoms with van der Waals surface area (Å²) in [6.45, 7) is 17.7. The maximum absolute atomic E-state index is 10.4.